The summed E-state index contributed by atoms with van der Waals surface area (Å²) in [6.45, 7) is 15.0. The van der Waals surface area contributed by atoms with Crippen molar-refractivity contribution in [3.8, 4) is 0 Å². The normalized spacial score (nSPS) is 13.2. The predicted molar refractivity (Wildman–Crippen MR) is 361 cm³/mol. The average Bonchev–Trinajstić information content (AvgIpc) is 3.53. The topological polar surface area (TPSA) is 210 Å². The molecule has 4 unspecified atom stereocenters. The van der Waals surface area contributed by atoms with Crippen molar-refractivity contribution >= 4 is 23.6 Å². The number of carbonyl (C=O) groups is 4. The highest BCUT2D eigenvalue weighted by atomic mass is 16.3. The molecule has 0 heterocycles. The largest absolute Gasteiger partial charge is 0.382 e. The maximum Gasteiger partial charge on any atom is 0.250 e. The van der Waals surface area contributed by atoms with E-state index in [1.54, 1.807) is 0 Å². The van der Waals surface area contributed by atoms with Crippen LogP contribution in [0.3, 0.4) is 0 Å². The van der Waals surface area contributed by atoms with Gasteiger partial charge < -0.3 is 51.5 Å². The van der Waals surface area contributed by atoms with E-state index in [0.717, 1.165) is 103 Å². The third-order valence-corrected chi connectivity index (χ3v) is 17.1. The van der Waals surface area contributed by atoms with Crippen molar-refractivity contribution in [2.75, 3.05) is 106 Å². The lowest BCUT2D eigenvalue weighted by molar-refractivity contribution is -0.133. The molecule has 0 spiro atoms. The molecule has 0 bridgehead atoms. The molecule has 86 heavy (non-hydrogen) atoms. The van der Waals surface area contributed by atoms with Crippen molar-refractivity contribution < 1.29 is 39.6 Å². The molecule has 4 atom stereocenters. The van der Waals surface area contributed by atoms with Crippen LogP contribution < -0.4 is 21.3 Å². The number of likely N-dealkylation sites (N-methyl/N-ethyl adjacent to an activating group) is 2. The lowest BCUT2D eigenvalue weighted by Crippen LogP contribution is -2.48. The summed E-state index contributed by atoms with van der Waals surface area (Å²) in [5.74, 6) is -1.71. The number of hydrogen-bond acceptors (Lipinski definition) is 12. The predicted octanol–water partition coefficient (Wildman–Crippen LogP) is 11.8. The van der Waals surface area contributed by atoms with Gasteiger partial charge in [-0.15, -0.1) is 0 Å². The second-order valence-electron chi connectivity index (χ2n) is 25.8. The number of nitrogens with one attached hydrogen (secondary N) is 4. The van der Waals surface area contributed by atoms with Gasteiger partial charge in [0.25, 0.3) is 0 Å². The smallest absolute Gasteiger partial charge is 0.250 e. The van der Waals surface area contributed by atoms with E-state index in [0.29, 0.717) is 52.1 Å². The second-order valence-corrected chi connectivity index (χ2v) is 25.8. The van der Waals surface area contributed by atoms with Crippen LogP contribution in [0.1, 0.15) is 297 Å². The molecule has 510 valence electrons. The van der Waals surface area contributed by atoms with E-state index >= 15 is 0 Å². The standard InChI is InChI=1S/C70H142N8O8/c1-7-11-15-19-23-27-31-35-39-43-49-71-67(83)63(79)59-77(60-64(80)68(84)72-50-44-40-36-32-28-24-20-16-12-8-2)55-47-53-75(5)57-58-76(6)54-48-56-78(61-65(81)69(85)73-51-45-41-37-33-29-25-21-17-13-9-3)62-66(82)70(86)74-52-46-42-38-34-30-26-22-18-14-10-4/h63-66,79-82H,7-62H2,1-6H3,(H,71,83)(H,72,84)(H,73,85)(H,74,86). The second kappa shape index (κ2) is 62.7. The molecule has 0 fully saturated rings. The molecule has 0 aliphatic carbocycles. The molecule has 4 amide bonds. The summed E-state index contributed by atoms with van der Waals surface area (Å²) in [7, 11) is 4.11. The van der Waals surface area contributed by atoms with Gasteiger partial charge in [-0.2, -0.15) is 0 Å². The molecule has 8 N–H and O–H groups in total. The Kier molecular flexibility index (Phi) is 61.0. The van der Waals surface area contributed by atoms with Gasteiger partial charge in [-0.1, -0.05) is 259 Å². The zero-order valence-electron chi connectivity index (χ0n) is 57.1. The van der Waals surface area contributed by atoms with Crippen molar-refractivity contribution in [1.82, 2.24) is 40.9 Å². The summed E-state index contributed by atoms with van der Waals surface area (Å²) in [5.41, 5.74) is 0. The quantitative estimate of drug-likeness (QED) is 0.0268. The number of hydrogen-bond donors (Lipinski definition) is 8. The van der Waals surface area contributed by atoms with E-state index < -0.39 is 48.0 Å². The summed E-state index contributed by atoms with van der Waals surface area (Å²) >= 11 is 0. The van der Waals surface area contributed by atoms with Gasteiger partial charge in [0.2, 0.25) is 23.6 Å². The van der Waals surface area contributed by atoms with Gasteiger partial charge in [-0.3, -0.25) is 29.0 Å². The number of carbonyl (C=O) groups excluding carboxylic acids is 4. The van der Waals surface area contributed by atoms with Gasteiger partial charge >= 0.3 is 0 Å². The fraction of sp³-hybridized carbons (Fsp3) is 0.943. The molecule has 0 aliphatic rings. The Bertz CT molecular complexity index is 1320. The molecule has 16 nitrogen and oxygen atoms in total. The van der Waals surface area contributed by atoms with Crippen LogP contribution in [-0.4, -0.2) is 194 Å². The summed E-state index contributed by atoms with van der Waals surface area (Å²) in [6, 6.07) is 0. The Morgan fingerprint density at radius 1 is 0.256 bits per heavy atom. The third-order valence-electron chi connectivity index (χ3n) is 17.1. The van der Waals surface area contributed by atoms with Crippen molar-refractivity contribution in [2.24, 2.45) is 0 Å². The van der Waals surface area contributed by atoms with E-state index in [4.69, 9.17) is 0 Å². The van der Waals surface area contributed by atoms with Crippen LogP contribution in [0.15, 0.2) is 0 Å². The van der Waals surface area contributed by atoms with Gasteiger partial charge in [0, 0.05) is 65.4 Å². The first-order chi connectivity index (χ1) is 41.8. The first kappa shape index (κ1) is 83.6. The van der Waals surface area contributed by atoms with Gasteiger partial charge in [0.05, 0.1) is 0 Å². The van der Waals surface area contributed by atoms with E-state index in [1.807, 2.05) is 9.80 Å². The highest BCUT2D eigenvalue weighted by molar-refractivity contribution is 5.82. The fourth-order valence-electron chi connectivity index (χ4n) is 11.3. The molecule has 0 aromatic carbocycles. The molecule has 0 aromatic rings. The van der Waals surface area contributed by atoms with Crippen LogP contribution in [-0.2, 0) is 19.2 Å². The summed E-state index contributed by atoms with van der Waals surface area (Å²) in [6.07, 6.45) is 44.3. The SMILES string of the molecule is CCCCCCCCCCCCNC(=O)C(O)CN(CCCN(C)CCN(C)CCCN(CC(O)C(=O)NCCCCCCCCCCCC)CC(O)C(=O)NCCCCCCCCCCCC)CC(O)C(=O)NCCCCCCCCCCCC. The zero-order chi connectivity index (χ0) is 63.4. The van der Waals surface area contributed by atoms with Crippen LogP contribution in [0.4, 0.5) is 0 Å². The fourth-order valence-corrected chi connectivity index (χ4v) is 11.3. The molecule has 0 saturated carbocycles. The maximum absolute atomic E-state index is 13.1. The molecular formula is C70H142N8O8. The van der Waals surface area contributed by atoms with Crippen LogP contribution >= 0.6 is 0 Å². The van der Waals surface area contributed by atoms with Crippen LogP contribution in [0, 0.1) is 0 Å². The van der Waals surface area contributed by atoms with Crippen molar-refractivity contribution in [2.45, 2.75) is 322 Å². The number of rotatable bonds is 67. The van der Waals surface area contributed by atoms with Gasteiger partial charge in [0.1, 0.15) is 24.4 Å². The number of aliphatic hydroxyl groups is 4. The monoisotopic (exact) mass is 1220 g/mol. The minimum absolute atomic E-state index is 0.0122. The number of nitrogens with zero attached hydrogens (tertiary/aromatic N) is 4. The Balaban J connectivity index is 5.32. The molecule has 0 saturated heterocycles. The zero-order valence-corrected chi connectivity index (χ0v) is 57.1. The molecule has 16 heteroatoms. The first-order valence-corrected chi connectivity index (χ1v) is 36.4. The van der Waals surface area contributed by atoms with Gasteiger partial charge in [-0.05, 0) is 78.8 Å². The molecule has 0 aromatic heterocycles. The summed E-state index contributed by atoms with van der Waals surface area (Å²) in [5, 5.41) is 55.9. The minimum atomic E-state index is -1.29. The van der Waals surface area contributed by atoms with Crippen molar-refractivity contribution in [3.63, 3.8) is 0 Å². The van der Waals surface area contributed by atoms with Crippen molar-refractivity contribution in [3.05, 3.63) is 0 Å². The Morgan fingerprint density at radius 3 is 0.616 bits per heavy atom. The molecule has 0 aliphatic heterocycles. The molecule has 0 radical (unpaired) electrons. The maximum atomic E-state index is 13.1. The van der Waals surface area contributed by atoms with Crippen LogP contribution in [0.2, 0.25) is 0 Å². The number of aliphatic hydroxyl groups excluding tert-OH is 4. The Morgan fingerprint density at radius 2 is 0.430 bits per heavy atom. The van der Waals surface area contributed by atoms with E-state index in [9.17, 15) is 39.6 Å². The Hall–Kier alpha value is -2.44. The summed E-state index contributed by atoms with van der Waals surface area (Å²) < 4.78 is 0. The highest BCUT2D eigenvalue weighted by Crippen LogP contribution is 2.15. The van der Waals surface area contributed by atoms with Gasteiger partial charge in [-0.25, -0.2) is 0 Å². The minimum Gasteiger partial charge on any atom is -0.382 e. The van der Waals surface area contributed by atoms with Gasteiger partial charge in [0.15, 0.2) is 0 Å². The lowest BCUT2D eigenvalue weighted by atomic mass is 10.1. The Labute approximate surface area is 529 Å². The van der Waals surface area contributed by atoms with Crippen LogP contribution in [0.25, 0.3) is 0 Å². The highest BCUT2D eigenvalue weighted by Gasteiger charge is 2.26. The average molecular weight is 1220 g/mol. The van der Waals surface area contributed by atoms with E-state index in [1.165, 1.54) is 180 Å². The van der Waals surface area contributed by atoms with Crippen molar-refractivity contribution in [1.29, 1.82) is 0 Å². The number of unbranched alkanes of at least 4 members (excludes halogenated alkanes) is 36. The number of amides is 4. The first-order valence-electron chi connectivity index (χ1n) is 36.4. The van der Waals surface area contributed by atoms with E-state index in [-0.39, 0.29) is 26.2 Å². The summed E-state index contributed by atoms with van der Waals surface area (Å²) in [4.78, 5) is 60.4. The van der Waals surface area contributed by atoms with E-state index in [2.05, 4.69) is 72.9 Å². The van der Waals surface area contributed by atoms with Crippen LogP contribution in [0.5, 0.6) is 0 Å². The third kappa shape index (κ3) is 54.5. The molecule has 0 rings (SSSR count). The lowest BCUT2D eigenvalue weighted by Gasteiger charge is -2.28. The molecular weight excluding hydrogens is 1080 g/mol.